The molecule has 2 amide bonds. The zero-order chi connectivity index (χ0) is 18.4. The van der Waals surface area contributed by atoms with Gasteiger partial charge in [-0.2, -0.15) is 0 Å². The average Bonchev–Trinajstić information content (AvgIpc) is 2.89. The molecular formula is C20H26N2O3. The Morgan fingerprint density at radius 1 is 1.16 bits per heavy atom. The molecule has 0 radical (unpaired) electrons. The molecule has 1 heterocycles. The molecule has 0 aliphatic carbocycles. The van der Waals surface area contributed by atoms with Crippen LogP contribution >= 0.6 is 0 Å². The Hall–Kier alpha value is -2.56. The van der Waals surface area contributed by atoms with E-state index >= 15 is 0 Å². The van der Waals surface area contributed by atoms with Gasteiger partial charge >= 0.3 is 0 Å². The Bertz CT molecular complexity index is 720. The van der Waals surface area contributed by atoms with Crippen LogP contribution in [0.1, 0.15) is 47.7 Å². The largest absolute Gasteiger partial charge is 0.466 e. The number of benzene rings is 1. The summed E-state index contributed by atoms with van der Waals surface area (Å²) in [6.45, 7) is 8.26. The molecule has 2 rings (SSSR count). The van der Waals surface area contributed by atoms with E-state index in [0.717, 1.165) is 5.56 Å². The van der Waals surface area contributed by atoms with E-state index in [1.54, 1.807) is 17.9 Å². The Kier molecular flexibility index (Phi) is 6.39. The number of aryl methyl sites for hydroxylation is 2. The van der Waals surface area contributed by atoms with Crippen LogP contribution in [-0.4, -0.2) is 29.3 Å². The Balaban J connectivity index is 2.15. The zero-order valence-corrected chi connectivity index (χ0v) is 15.3. The highest BCUT2D eigenvalue weighted by atomic mass is 16.3. The highest BCUT2D eigenvalue weighted by molar-refractivity contribution is 5.95. The minimum atomic E-state index is -0.115. The van der Waals surface area contributed by atoms with E-state index in [9.17, 15) is 9.59 Å². The number of carbonyl (C=O) groups is 2. The molecule has 1 aromatic carbocycles. The maximum atomic E-state index is 13.0. The zero-order valence-electron chi connectivity index (χ0n) is 15.3. The Labute approximate surface area is 149 Å². The fourth-order valence-electron chi connectivity index (χ4n) is 2.70. The number of carbonyl (C=O) groups excluding carboxylic acids is 2. The van der Waals surface area contributed by atoms with E-state index in [1.807, 2.05) is 51.1 Å². The van der Waals surface area contributed by atoms with E-state index in [2.05, 4.69) is 5.32 Å². The molecule has 0 atom stereocenters. The first-order chi connectivity index (χ1) is 11.9. The molecule has 1 N–H and O–H groups in total. The van der Waals surface area contributed by atoms with E-state index < -0.39 is 0 Å². The van der Waals surface area contributed by atoms with Crippen LogP contribution in [-0.2, 0) is 11.3 Å². The van der Waals surface area contributed by atoms with Crippen LogP contribution in [0.25, 0.3) is 0 Å². The van der Waals surface area contributed by atoms with Crippen LogP contribution in [0.5, 0.6) is 0 Å². The predicted octanol–water partition coefficient (Wildman–Crippen LogP) is 3.45. The second kappa shape index (κ2) is 8.51. The summed E-state index contributed by atoms with van der Waals surface area (Å²) >= 11 is 0. The summed E-state index contributed by atoms with van der Waals surface area (Å²) in [4.78, 5) is 26.6. The lowest BCUT2D eigenvalue weighted by molar-refractivity contribution is -0.121. The maximum Gasteiger partial charge on any atom is 0.257 e. The van der Waals surface area contributed by atoms with Gasteiger partial charge in [-0.3, -0.25) is 9.59 Å². The summed E-state index contributed by atoms with van der Waals surface area (Å²) in [7, 11) is 0. The van der Waals surface area contributed by atoms with Crippen molar-refractivity contribution in [1.82, 2.24) is 10.2 Å². The third-order valence-electron chi connectivity index (χ3n) is 3.83. The van der Waals surface area contributed by atoms with Crippen molar-refractivity contribution >= 4 is 11.8 Å². The molecule has 5 nitrogen and oxygen atoms in total. The molecule has 1 aromatic heterocycles. The summed E-state index contributed by atoms with van der Waals surface area (Å²) in [5, 5.41) is 2.86. The van der Waals surface area contributed by atoms with Gasteiger partial charge in [0.1, 0.15) is 11.5 Å². The van der Waals surface area contributed by atoms with Crippen LogP contribution in [0.2, 0.25) is 0 Å². The molecule has 25 heavy (non-hydrogen) atoms. The van der Waals surface area contributed by atoms with Crippen molar-refractivity contribution in [3.8, 4) is 0 Å². The van der Waals surface area contributed by atoms with Crippen molar-refractivity contribution in [2.45, 2.75) is 46.7 Å². The number of hydrogen-bond donors (Lipinski definition) is 1. The lowest BCUT2D eigenvalue weighted by Crippen LogP contribution is -2.36. The lowest BCUT2D eigenvalue weighted by Gasteiger charge is -2.23. The standard InChI is InChI=1S/C20H26N2O3/c1-14(2)21-19(23)10-11-22(13-17-8-6-5-7-9-17)20(24)18-12-15(3)25-16(18)4/h5-9,12,14H,10-11,13H2,1-4H3,(H,21,23). The van der Waals surface area contributed by atoms with Crippen LogP contribution in [0.4, 0.5) is 0 Å². The molecule has 0 aliphatic heterocycles. The fraction of sp³-hybridized carbons (Fsp3) is 0.400. The first kappa shape index (κ1) is 18.8. The summed E-state index contributed by atoms with van der Waals surface area (Å²) in [6, 6.07) is 11.6. The van der Waals surface area contributed by atoms with Gasteiger partial charge in [-0.1, -0.05) is 30.3 Å². The van der Waals surface area contributed by atoms with Crippen molar-refractivity contribution in [3.05, 3.63) is 59.0 Å². The number of hydrogen-bond acceptors (Lipinski definition) is 3. The van der Waals surface area contributed by atoms with Crippen molar-refractivity contribution in [1.29, 1.82) is 0 Å². The average molecular weight is 342 g/mol. The molecule has 5 heteroatoms. The van der Waals surface area contributed by atoms with Gasteiger partial charge in [-0.25, -0.2) is 0 Å². The van der Waals surface area contributed by atoms with Crippen molar-refractivity contribution < 1.29 is 14.0 Å². The van der Waals surface area contributed by atoms with Crippen molar-refractivity contribution in [2.75, 3.05) is 6.54 Å². The van der Waals surface area contributed by atoms with Gasteiger partial charge in [0.15, 0.2) is 0 Å². The molecule has 0 fully saturated rings. The highest BCUT2D eigenvalue weighted by Gasteiger charge is 2.21. The molecule has 134 valence electrons. The summed E-state index contributed by atoms with van der Waals surface area (Å²) in [6.07, 6.45) is 0.270. The van der Waals surface area contributed by atoms with E-state index in [0.29, 0.717) is 30.2 Å². The Morgan fingerprint density at radius 2 is 1.84 bits per heavy atom. The van der Waals surface area contributed by atoms with Crippen LogP contribution in [0, 0.1) is 13.8 Å². The topological polar surface area (TPSA) is 62.6 Å². The van der Waals surface area contributed by atoms with Gasteiger partial charge in [0, 0.05) is 25.6 Å². The molecule has 0 bridgehead atoms. The van der Waals surface area contributed by atoms with Gasteiger partial charge in [0.25, 0.3) is 5.91 Å². The smallest absolute Gasteiger partial charge is 0.257 e. The summed E-state index contributed by atoms with van der Waals surface area (Å²) < 4.78 is 5.49. The minimum Gasteiger partial charge on any atom is -0.466 e. The highest BCUT2D eigenvalue weighted by Crippen LogP contribution is 2.18. The van der Waals surface area contributed by atoms with E-state index in [1.165, 1.54) is 0 Å². The van der Waals surface area contributed by atoms with Gasteiger partial charge in [0.05, 0.1) is 5.56 Å². The van der Waals surface area contributed by atoms with Gasteiger partial charge in [0.2, 0.25) is 5.91 Å². The van der Waals surface area contributed by atoms with E-state index in [4.69, 9.17) is 4.42 Å². The molecule has 0 saturated carbocycles. The third-order valence-corrected chi connectivity index (χ3v) is 3.83. The number of rotatable bonds is 7. The third kappa shape index (κ3) is 5.48. The molecule has 2 aromatic rings. The predicted molar refractivity (Wildman–Crippen MR) is 97.3 cm³/mol. The molecule has 0 spiro atoms. The lowest BCUT2D eigenvalue weighted by atomic mass is 10.1. The fourth-order valence-corrected chi connectivity index (χ4v) is 2.70. The first-order valence-electron chi connectivity index (χ1n) is 8.56. The number of nitrogens with zero attached hydrogens (tertiary/aromatic N) is 1. The van der Waals surface area contributed by atoms with E-state index in [-0.39, 0.29) is 24.3 Å². The van der Waals surface area contributed by atoms with Crippen LogP contribution in [0.3, 0.4) is 0 Å². The number of furan rings is 1. The molecule has 0 unspecified atom stereocenters. The van der Waals surface area contributed by atoms with Crippen molar-refractivity contribution in [2.24, 2.45) is 0 Å². The minimum absolute atomic E-state index is 0.0547. The molecule has 0 aliphatic rings. The quantitative estimate of drug-likeness (QED) is 0.838. The molecule has 0 saturated heterocycles. The van der Waals surface area contributed by atoms with Gasteiger partial charge in [-0.05, 0) is 39.3 Å². The Morgan fingerprint density at radius 3 is 2.40 bits per heavy atom. The summed E-state index contributed by atoms with van der Waals surface area (Å²) in [5.74, 6) is 1.14. The van der Waals surface area contributed by atoms with Gasteiger partial charge in [-0.15, -0.1) is 0 Å². The SMILES string of the molecule is Cc1cc(C(=O)N(CCC(=O)NC(C)C)Cc2ccccc2)c(C)o1. The normalized spacial score (nSPS) is 10.8. The second-order valence-corrected chi connectivity index (χ2v) is 6.51. The summed E-state index contributed by atoms with van der Waals surface area (Å²) in [5.41, 5.74) is 1.58. The van der Waals surface area contributed by atoms with Gasteiger partial charge < -0.3 is 14.6 Å². The molecular weight excluding hydrogens is 316 g/mol. The second-order valence-electron chi connectivity index (χ2n) is 6.51. The number of amides is 2. The monoisotopic (exact) mass is 342 g/mol. The maximum absolute atomic E-state index is 13.0. The van der Waals surface area contributed by atoms with Crippen LogP contribution < -0.4 is 5.32 Å². The van der Waals surface area contributed by atoms with Crippen LogP contribution in [0.15, 0.2) is 40.8 Å². The number of nitrogens with one attached hydrogen (secondary N) is 1. The van der Waals surface area contributed by atoms with Crippen molar-refractivity contribution in [3.63, 3.8) is 0 Å². The first-order valence-corrected chi connectivity index (χ1v) is 8.56.